The Morgan fingerprint density at radius 1 is 1.69 bits per heavy atom. The van der Waals surface area contributed by atoms with E-state index in [9.17, 15) is 4.79 Å². The summed E-state index contributed by atoms with van der Waals surface area (Å²) in [4.78, 5) is 13.4. The Morgan fingerprint density at radius 2 is 2.46 bits per heavy atom. The molecule has 0 aromatic rings. The summed E-state index contributed by atoms with van der Waals surface area (Å²) in [5, 5.41) is 0. The van der Waals surface area contributed by atoms with Crippen LogP contribution < -0.4 is 5.73 Å². The summed E-state index contributed by atoms with van der Waals surface area (Å²) >= 11 is 0. The molecule has 13 heavy (non-hydrogen) atoms. The molecule has 2 fully saturated rings. The minimum atomic E-state index is -0.0444. The van der Waals surface area contributed by atoms with Gasteiger partial charge in [-0.05, 0) is 31.8 Å². The molecule has 3 heteroatoms. The lowest BCUT2D eigenvalue weighted by Crippen LogP contribution is -2.54. The van der Waals surface area contributed by atoms with Gasteiger partial charge in [-0.1, -0.05) is 6.08 Å². The molecule has 1 saturated carbocycles. The molecule has 0 aromatic carbocycles. The third-order valence-electron chi connectivity index (χ3n) is 3.32. The van der Waals surface area contributed by atoms with E-state index in [0.717, 1.165) is 19.5 Å². The van der Waals surface area contributed by atoms with Crippen molar-refractivity contribution in [2.75, 3.05) is 13.1 Å². The van der Waals surface area contributed by atoms with E-state index in [1.54, 1.807) is 12.2 Å². The second kappa shape index (κ2) is 2.84. The van der Waals surface area contributed by atoms with Gasteiger partial charge < -0.3 is 10.6 Å². The third-order valence-corrected chi connectivity index (χ3v) is 3.32. The molecule has 0 bridgehead atoms. The number of nitrogens with two attached hydrogens (primary N) is 1. The maximum absolute atomic E-state index is 11.5. The molecule has 72 valence electrons. The van der Waals surface area contributed by atoms with Crippen molar-refractivity contribution in [3.63, 3.8) is 0 Å². The fourth-order valence-corrected chi connectivity index (χ4v) is 2.30. The molecule has 2 rings (SSSR count). The zero-order chi connectivity index (χ0) is 9.47. The first-order valence-electron chi connectivity index (χ1n) is 4.86. The Balaban J connectivity index is 2.02. The van der Waals surface area contributed by atoms with Crippen LogP contribution in [0.15, 0.2) is 12.2 Å². The Bertz CT molecular complexity index is 262. The van der Waals surface area contributed by atoms with Crippen LogP contribution in [0.5, 0.6) is 0 Å². The molecule has 0 aromatic heterocycles. The average Bonchev–Trinajstić information content (AvgIpc) is 2.30. The number of hydrogen-bond acceptors (Lipinski definition) is 2. The van der Waals surface area contributed by atoms with Crippen LogP contribution in [0.4, 0.5) is 0 Å². The number of hydrogen-bond donors (Lipinski definition) is 1. The number of carbonyl (C=O) groups excluding carboxylic acids is 1. The summed E-state index contributed by atoms with van der Waals surface area (Å²) in [6.45, 7) is 3.47. The van der Waals surface area contributed by atoms with Crippen LogP contribution >= 0.6 is 0 Å². The highest BCUT2D eigenvalue weighted by Crippen LogP contribution is 2.42. The van der Waals surface area contributed by atoms with E-state index in [0.29, 0.717) is 5.92 Å². The summed E-state index contributed by atoms with van der Waals surface area (Å²) in [5.41, 5.74) is 6.07. The third kappa shape index (κ3) is 1.27. The van der Waals surface area contributed by atoms with Crippen molar-refractivity contribution in [1.29, 1.82) is 0 Å². The lowest BCUT2D eigenvalue weighted by Gasteiger charge is -2.39. The summed E-state index contributed by atoms with van der Waals surface area (Å²) in [5.74, 6) is 0.670. The maximum atomic E-state index is 11.5. The number of carbonyl (C=O) groups is 1. The molecule has 1 saturated heterocycles. The zero-order valence-electron chi connectivity index (χ0n) is 7.99. The van der Waals surface area contributed by atoms with Gasteiger partial charge in [-0.3, -0.25) is 4.79 Å². The van der Waals surface area contributed by atoms with Crippen molar-refractivity contribution in [1.82, 2.24) is 4.90 Å². The predicted molar refractivity (Wildman–Crippen MR) is 51.0 cm³/mol. The van der Waals surface area contributed by atoms with Crippen LogP contribution in [-0.2, 0) is 4.79 Å². The lowest BCUT2D eigenvalue weighted by molar-refractivity contribution is -0.125. The Hall–Kier alpha value is -0.830. The Morgan fingerprint density at radius 3 is 2.85 bits per heavy atom. The van der Waals surface area contributed by atoms with Gasteiger partial charge in [0.15, 0.2) is 0 Å². The minimum Gasteiger partial charge on any atom is -0.337 e. The molecule has 1 aliphatic heterocycles. The minimum absolute atomic E-state index is 0.0444. The zero-order valence-corrected chi connectivity index (χ0v) is 7.99. The molecular formula is C10H16N2O. The van der Waals surface area contributed by atoms with Gasteiger partial charge in [0.2, 0.25) is 5.91 Å². The molecule has 3 nitrogen and oxygen atoms in total. The Labute approximate surface area is 78.6 Å². The second-order valence-corrected chi connectivity index (χ2v) is 4.19. The first kappa shape index (κ1) is 8.75. The van der Waals surface area contributed by atoms with E-state index in [-0.39, 0.29) is 11.4 Å². The highest BCUT2D eigenvalue weighted by molar-refractivity contribution is 5.87. The van der Waals surface area contributed by atoms with Gasteiger partial charge in [0, 0.05) is 18.6 Å². The van der Waals surface area contributed by atoms with Crippen LogP contribution in [0.1, 0.15) is 19.8 Å². The van der Waals surface area contributed by atoms with Crippen molar-refractivity contribution in [3.05, 3.63) is 12.2 Å². The highest BCUT2D eigenvalue weighted by Gasteiger charge is 2.50. The topological polar surface area (TPSA) is 46.3 Å². The van der Waals surface area contributed by atoms with Crippen LogP contribution in [0.25, 0.3) is 0 Å². The van der Waals surface area contributed by atoms with Crippen molar-refractivity contribution in [2.24, 2.45) is 11.7 Å². The number of amides is 1. The highest BCUT2D eigenvalue weighted by atomic mass is 16.2. The smallest absolute Gasteiger partial charge is 0.246 e. The molecule has 2 N–H and O–H groups in total. The summed E-state index contributed by atoms with van der Waals surface area (Å²) in [6.07, 6.45) is 5.67. The largest absolute Gasteiger partial charge is 0.337 e. The number of allylic oxidation sites excluding steroid dienone is 1. The average molecular weight is 180 g/mol. The van der Waals surface area contributed by atoms with Gasteiger partial charge in [0.25, 0.3) is 0 Å². The van der Waals surface area contributed by atoms with Gasteiger partial charge in [-0.15, -0.1) is 0 Å². The first-order chi connectivity index (χ1) is 6.15. The van der Waals surface area contributed by atoms with E-state index >= 15 is 0 Å². The molecule has 2 unspecified atom stereocenters. The molecule has 2 aliphatic rings. The van der Waals surface area contributed by atoms with Gasteiger partial charge >= 0.3 is 0 Å². The van der Waals surface area contributed by atoms with Crippen molar-refractivity contribution < 1.29 is 4.79 Å². The monoisotopic (exact) mass is 180 g/mol. The summed E-state index contributed by atoms with van der Waals surface area (Å²) in [7, 11) is 0. The van der Waals surface area contributed by atoms with E-state index in [2.05, 4.69) is 0 Å². The van der Waals surface area contributed by atoms with Crippen molar-refractivity contribution in [2.45, 2.75) is 25.3 Å². The predicted octanol–water partition coefficient (Wildman–Crippen LogP) is 0.512. The normalized spacial score (nSPS) is 37.7. The fourth-order valence-electron chi connectivity index (χ4n) is 2.30. The van der Waals surface area contributed by atoms with Crippen LogP contribution in [0.3, 0.4) is 0 Å². The number of rotatable bonds is 1. The van der Waals surface area contributed by atoms with Gasteiger partial charge in [0.05, 0.1) is 0 Å². The molecule has 1 aliphatic carbocycles. The van der Waals surface area contributed by atoms with Gasteiger partial charge in [-0.25, -0.2) is 0 Å². The van der Waals surface area contributed by atoms with E-state index < -0.39 is 0 Å². The van der Waals surface area contributed by atoms with Crippen LogP contribution in [-0.4, -0.2) is 29.4 Å². The second-order valence-electron chi connectivity index (χ2n) is 4.19. The van der Waals surface area contributed by atoms with E-state index in [1.807, 2.05) is 11.8 Å². The number of fused-ring (bicyclic) bond motifs is 1. The fraction of sp³-hybridized carbons (Fsp3) is 0.700. The number of likely N-dealkylation sites (tertiary alicyclic amines) is 1. The number of nitrogens with zero attached hydrogens (tertiary/aromatic N) is 1. The SMILES string of the molecule is C/C=C/C(=O)N1CC2CCC2(N)C1. The molecule has 1 heterocycles. The molecule has 2 atom stereocenters. The van der Waals surface area contributed by atoms with Gasteiger partial charge in [0.1, 0.15) is 0 Å². The molecule has 1 amide bonds. The van der Waals surface area contributed by atoms with Crippen molar-refractivity contribution in [3.8, 4) is 0 Å². The first-order valence-corrected chi connectivity index (χ1v) is 4.86. The summed E-state index contributed by atoms with van der Waals surface area (Å²) < 4.78 is 0. The standard InChI is InChI=1S/C10H16N2O/c1-2-3-9(13)12-6-8-4-5-10(8,11)7-12/h2-3,8H,4-7,11H2,1H3/b3-2+. The van der Waals surface area contributed by atoms with Crippen LogP contribution in [0.2, 0.25) is 0 Å². The maximum Gasteiger partial charge on any atom is 0.246 e. The molecule has 0 radical (unpaired) electrons. The lowest BCUT2D eigenvalue weighted by atomic mass is 9.70. The van der Waals surface area contributed by atoms with Gasteiger partial charge in [-0.2, -0.15) is 0 Å². The molecule has 0 spiro atoms. The molecular weight excluding hydrogens is 164 g/mol. The Kier molecular flexibility index (Phi) is 1.91. The van der Waals surface area contributed by atoms with Crippen LogP contribution in [0, 0.1) is 5.92 Å². The quantitative estimate of drug-likeness (QED) is 0.598. The van der Waals surface area contributed by atoms with E-state index in [1.165, 1.54) is 6.42 Å². The summed E-state index contributed by atoms with van der Waals surface area (Å²) in [6, 6.07) is 0. The van der Waals surface area contributed by atoms with Crippen molar-refractivity contribution >= 4 is 5.91 Å². The van der Waals surface area contributed by atoms with E-state index in [4.69, 9.17) is 5.73 Å².